The average Bonchev–Trinajstić information content (AvgIpc) is 4.00. The molecular weight excluding hydrogens is 745 g/mol. The molecule has 0 fully saturated rings. The van der Waals surface area contributed by atoms with Gasteiger partial charge in [-0.2, -0.15) is 0 Å². The fourth-order valence-corrected chi connectivity index (χ4v) is 10.5. The number of hydrogen-bond donors (Lipinski definition) is 0. The first-order chi connectivity index (χ1) is 30.3. The molecule has 0 aliphatic heterocycles. The van der Waals surface area contributed by atoms with E-state index < -0.39 is 0 Å². The average molecular weight is 777 g/mol. The van der Waals surface area contributed by atoms with Gasteiger partial charge in [-0.3, -0.25) is 4.57 Å². The zero-order valence-corrected chi connectivity index (χ0v) is 32.7. The lowest BCUT2D eigenvalue weighted by Gasteiger charge is -2.16. The van der Waals surface area contributed by atoms with Gasteiger partial charge in [-0.25, -0.2) is 9.97 Å². The van der Waals surface area contributed by atoms with Crippen molar-refractivity contribution in [2.75, 3.05) is 0 Å². The number of fused-ring (bicyclic) bond motifs is 19. The summed E-state index contributed by atoms with van der Waals surface area (Å²) in [6.45, 7) is 0. The van der Waals surface area contributed by atoms with Gasteiger partial charge in [-0.15, -0.1) is 0 Å². The summed E-state index contributed by atoms with van der Waals surface area (Å²) < 4.78 is 11.4. The Labute approximate surface area is 347 Å². The molecule has 5 heteroatoms. The van der Waals surface area contributed by atoms with E-state index in [0.717, 1.165) is 71.6 Å². The number of aromatic nitrogens is 4. The number of para-hydroxylation sites is 6. The molecule has 282 valence electrons. The minimum atomic E-state index is 0.612. The molecular formula is C56H32N4O. The molecule has 0 amide bonds. The zero-order chi connectivity index (χ0) is 39.8. The fourth-order valence-electron chi connectivity index (χ4n) is 10.5. The molecule has 0 atom stereocenters. The van der Waals surface area contributed by atoms with E-state index in [9.17, 15) is 0 Å². The van der Waals surface area contributed by atoms with Crippen LogP contribution in [0.4, 0.5) is 0 Å². The van der Waals surface area contributed by atoms with Gasteiger partial charge in [0.2, 0.25) is 5.95 Å². The number of benzene rings is 10. The molecule has 0 bridgehead atoms. The van der Waals surface area contributed by atoms with E-state index in [4.69, 9.17) is 14.4 Å². The van der Waals surface area contributed by atoms with E-state index in [-0.39, 0.29) is 0 Å². The summed E-state index contributed by atoms with van der Waals surface area (Å²) in [6.07, 6.45) is 0. The van der Waals surface area contributed by atoms with Crippen LogP contribution in [-0.4, -0.2) is 19.1 Å². The largest absolute Gasteiger partial charge is 0.455 e. The molecule has 0 aliphatic rings. The number of rotatable bonds is 3. The van der Waals surface area contributed by atoms with Crippen LogP contribution < -0.4 is 0 Å². The third-order valence-electron chi connectivity index (χ3n) is 12.9. The SMILES string of the molecule is c1ccc(-n2c3ccccc3c3c4c(c5ccccc5c32)c2ccccc2c2c4c3ccccc3n2-c2nc(-c3cccc4c3oc3ccccc34)c3ccccc3n2)cc1. The minimum Gasteiger partial charge on any atom is -0.455 e. The van der Waals surface area contributed by atoms with Gasteiger partial charge >= 0.3 is 0 Å². The number of furan rings is 1. The van der Waals surface area contributed by atoms with Gasteiger partial charge in [0.25, 0.3) is 0 Å². The van der Waals surface area contributed by atoms with Crippen molar-refractivity contribution in [2.45, 2.75) is 0 Å². The summed E-state index contributed by atoms with van der Waals surface area (Å²) >= 11 is 0. The number of nitrogens with zero attached hydrogens (tertiary/aromatic N) is 4. The smallest absolute Gasteiger partial charge is 0.235 e. The van der Waals surface area contributed by atoms with Crippen molar-refractivity contribution in [2.24, 2.45) is 0 Å². The Balaban J connectivity index is 1.21. The molecule has 14 rings (SSSR count). The van der Waals surface area contributed by atoms with E-state index >= 15 is 0 Å². The third-order valence-corrected chi connectivity index (χ3v) is 12.9. The molecule has 0 spiro atoms. The van der Waals surface area contributed by atoms with Gasteiger partial charge < -0.3 is 8.98 Å². The summed E-state index contributed by atoms with van der Waals surface area (Å²) in [4.78, 5) is 11.1. The Morgan fingerprint density at radius 3 is 1.57 bits per heavy atom. The van der Waals surface area contributed by atoms with Crippen molar-refractivity contribution in [1.82, 2.24) is 19.1 Å². The van der Waals surface area contributed by atoms with Gasteiger partial charge in [0, 0.05) is 65.1 Å². The van der Waals surface area contributed by atoms with E-state index in [0.29, 0.717) is 5.95 Å². The first-order valence-electron chi connectivity index (χ1n) is 20.8. The van der Waals surface area contributed by atoms with Crippen LogP contribution in [0, 0.1) is 0 Å². The van der Waals surface area contributed by atoms with Crippen LogP contribution in [0.25, 0.3) is 132 Å². The quantitative estimate of drug-likeness (QED) is 0.168. The van der Waals surface area contributed by atoms with Crippen LogP contribution >= 0.6 is 0 Å². The van der Waals surface area contributed by atoms with Gasteiger partial charge in [0.15, 0.2) is 0 Å². The van der Waals surface area contributed by atoms with Crippen molar-refractivity contribution < 1.29 is 4.42 Å². The van der Waals surface area contributed by atoms with Crippen molar-refractivity contribution in [1.29, 1.82) is 0 Å². The molecule has 0 unspecified atom stereocenters. The molecule has 0 saturated heterocycles. The Morgan fingerprint density at radius 2 is 0.869 bits per heavy atom. The molecule has 0 saturated carbocycles. The van der Waals surface area contributed by atoms with Gasteiger partial charge in [0.05, 0.1) is 33.3 Å². The molecule has 0 N–H and O–H groups in total. The van der Waals surface area contributed by atoms with E-state index in [1.165, 1.54) is 54.1 Å². The standard InChI is InChI=1S/C56H32N4O/c1-2-17-33(18-3-1)59-45-30-13-9-25-41(45)49-51-48(35-20-4-6-22-37(35)53(49)59)36-21-5-7-23-38(36)54-50(51)42-26-10-14-31-46(42)60(54)56-57-44-29-12-8-24-40(44)52(58-56)43-28-16-27-39-34-19-11-15-32-47(34)61-55(39)43/h1-32H. The van der Waals surface area contributed by atoms with Crippen LogP contribution in [0.5, 0.6) is 0 Å². The normalized spacial score (nSPS) is 12.3. The van der Waals surface area contributed by atoms with Gasteiger partial charge in [-0.1, -0.05) is 152 Å². The van der Waals surface area contributed by atoms with Crippen molar-refractivity contribution in [3.63, 3.8) is 0 Å². The van der Waals surface area contributed by atoms with Crippen molar-refractivity contribution in [3.8, 4) is 22.9 Å². The van der Waals surface area contributed by atoms with Crippen LogP contribution in [0.15, 0.2) is 199 Å². The highest BCUT2D eigenvalue weighted by Gasteiger charge is 2.27. The second kappa shape index (κ2) is 12.1. The fraction of sp³-hybridized carbons (Fsp3) is 0. The summed E-state index contributed by atoms with van der Waals surface area (Å²) in [7, 11) is 0. The Bertz CT molecular complexity index is 4170. The first-order valence-corrected chi connectivity index (χ1v) is 20.8. The maximum atomic E-state index is 6.64. The Morgan fingerprint density at radius 1 is 0.344 bits per heavy atom. The lowest BCUT2D eigenvalue weighted by atomic mass is 9.89. The maximum absolute atomic E-state index is 6.64. The Hall–Kier alpha value is -8.28. The van der Waals surface area contributed by atoms with Crippen LogP contribution in [0.3, 0.4) is 0 Å². The topological polar surface area (TPSA) is 48.8 Å². The second-order valence-electron chi connectivity index (χ2n) is 16.0. The first kappa shape index (κ1) is 32.7. The summed E-state index contributed by atoms with van der Waals surface area (Å²) in [5.74, 6) is 0.612. The van der Waals surface area contributed by atoms with E-state index in [2.05, 4.69) is 191 Å². The van der Waals surface area contributed by atoms with Crippen LogP contribution in [-0.2, 0) is 0 Å². The highest BCUT2D eigenvalue weighted by Crippen LogP contribution is 2.50. The molecule has 61 heavy (non-hydrogen) atoms. The molecule has 10 aromatic carbocycles. The van der Waals surface area contributed by atoms with Gasteiger partial charge in [-0.05, 0) is 58.6 Å². The predicted molar refractivity (Wildman–Crippen MR) is 253 cm³/mol. The lowest BCUT2D eigenvalue weighted by molar-refractivity contribution is 0.670. The number of hydrogen-bond acceptors (Lipinski definition) is 3. The summed E-state index contributed by atoms with van der Waals surface area (Å²) in [6, 6.07) is 69.3. The molecule has 14 aromatic rings. The van der Waals surface area contributed by atoms with Crippen molar-refractivity contribution >= 4 is 109 Å². The molecule has 5 nitrogen and oxygen atoms in total. The minimum absolute atomic E-state index is 0.612. The van der Waals surface area contributed by atoms with Crippen molar-refractivity contribution in [3.05, 3.63) is 194 Å². The monoisotopic (exact) mass is 776 g/mol. The summed E-state index contributed by atoms with van der Waals surface area (Å²) in [5.41, 5.74) is 9.96. The Kier molecular flexibility index (Phi) is 6.49. The van der Waals surface area contributed by atoms with Gasteiger partial charge in [0.1, 0.15) is 11.2 Å². The predicted octanol–water partition coefficient (Wildman–Crippen LogP) is 14.8. The van der Waals surface area contributed by atoms with Crippen LogP contribution in [0.2, 0.25) is 0 Å². The maximum Gasteiger partial charge on any atom is 0.235 e. The molecule has 0 aliphatic carbocycles. The van der Waals surface area contributed by atoms with E-state index in [1.54, 1.807) is 0 Å². The molecule has 4 aromatic heterocycles. The second-order valence-corrected chi connectivity index (χ2v) is 16.0. The highest BCUT2D eigenvalue weighted by atomic mass is 16.3. The van der Waals surface area contributed by atoms with E-state index in [1.807, 2.05) is 12.1 Å². The van der Waals surface area contributed by atoms with Crippen LogP contribution in [0.1, 0.15) is 0 Å². The zero-order valence-electron chi connectivity index (χ0n) is 32.7. The molecule has 0 radical (unpaired) electrons. The summed E-state index contributed by atoms with van der Waals surface area (Å²) in [5, 5.41) is 15.2. The molecule has 4 heterocycles. The third kappa shape index (κ3) is 4.34. The highest BCUT2D eigenvalue weighted by molar-refractivity contribution is 6.45. The lowest BCUT2D eigenvalue weighted by Crippen LogP contribution is -2.04.